The van der Waals surface area contributed by atoms with Crippen molar-refractivity contribution in [2.24, 2.45) is 0 Å². The van der Waals surface area contributed by atoms with Gasteiger partial charge in [-0.3, -0.25) is 4.79 Å². The van der Waals surface area contributed by atoms with Crippen LogP contribution in [0.5, 0.6) is 0 Å². The Kier molecular flexibility index (Phi) is 5.96. The lowest BCUT2D eigenvalue weighted by atomic mass is 10.2. The Labute approximate surface area is 161 Å². The van der Waals surface area contributed by atoms with Crippen molar-refractivity contribution in [1.82, 2.24) is 9.97 Å². The van der Waals surface area contributed by atoms with Crippen LogP contribution in [0.15, 0.2) is 47.6 Å². The first-order valence-corrected chi connectivity index (χ1v) is 9.62. The number of para-hydroxylation sites is 1. The number of halogens is 1. The van der Waals surface area contributed by atoms with Crippen molar-refractivity contribution in [2.45, 2.75) is 19.0 Å². The van der Waals surface area contributed by atoms with Gasteiger partial charge in [-0.1, -0.05) is 41.6 Å². The van der Waals surface area contributed by atoms with Crippen LogP contribution in [-0.2, 0) is 4.79 Å². The molecular weight excluding hydrogens is 368 g/mol. The molecule has 5 nitrogen and oxygen atoms in total. The van der Waals surface area contributed by atoms with Gasteiger partial charge in [0, 0.05) is 11.9 Å². The number of hydrogen-bond donors (Lipinski definition) is 2. The van der Waals surface area contributed by atoms with Gasteiger partial charge in [-0.05, 0) is 43.7 Å². The minimum Gasteiger partial charge on any atom is -0.370 e. The van der Waals surface area contributed by atoms with Gasteiger partial charge in [-0.25, -0.2) is 9.97 Å². The van der Waals surface area contributed by atoms with E-state index in [9.17, 15) is 4.79 Å². The molecule has 26 heavy (non-hydrogen) atoms. The summed E-state index contributed by atoms with van der Waals surface area (Å²) >= 11 is 7.45. The summed E-state index contributed by atoms with van der Waals surface area (Å²) in [5.41, 5.74) is 2.50. The number of aryl methyl sites for hydroxylation is 1. The van der Waals surface area contributed by atoms with Crippen LogP contribution in [0.2, 0.25) is 5.02 Å². The van der Waals surface area contributed by atoms with Crippen molar-refractivity contribution in [1.29, 1.82) is 0 Å². The van der Waals surface area contributed by atoms with Crippen LogP contribution >= 0.6 is 23.4 Å². The zero-order valence-corrected chi connectivity index (χ0v) is 16.1. The van der Waals surface area contributed by atoms with Crippen molar-refractivity contribution in [3.05, 3.63) is 53.1 Å². The SMILES string of the molecule is CCNc1nc(SCC(=O)Nc2ccc(C)cc2Cl)nc2ccccc12. The molecule has 3 aromatic rings. The second-order valence-corrected chi connectivity index (χ2v) is 7.07. The fraction of sp³-hybridized carbons (Fsp3) is 0.211. The fourth-order valence-corrected chi connectivity index (χ4v) is 3.39. The summed E-state index contributed by atoms with van der Waals surface area (Å²) < 4.78 is 0. The van der Waals surface area contributed by atoms with Crippen LogP contribution in [0, 0.1) is 6.92 Å². The molecule has 0 aliphatic carbocycles. The number of carbonyl (C=O) groups is 1. The molecule has 0 saturated carbocycles. The predicted octanol–water partition coefficient (Wildman–Crippen LogP) is 4.75. The quantitative estimate of drug-likeness (QED) is 0.472. The third-order valence-corrected chi connectivity index (χ3v) is 4.82. The number of thioether (sulfide) groups is 1. The molecule has 0 atom stereocenters. The van der Waals surface area contributed by atoms with Crippen molar-refractivity contribution in [3.8, 4) is 0 Å². The number of hydrogen-bond acceptors (Lipinski definition) is 5. The van der Waals surface area contributed by atoms with E-state index in [-0.39, 0.29) is 11.7 Å². The van der Waals surface area contributed by atoms with E-state index in [0.717, 1.165) is 28.8 Å². The molecule has 0 aliphatic heterocycles. The maximum Gasteiger partial charge on any atom is 0.234 e. The summed E-state index contributed by atoms with van der Waals surface area (Å²) in [6.07, 6.45) is 0. The van der Waals surface area contributed by atoms with E-state index in [2.05, 4.69) is 20.6 Å². The fourth-order valence-electron chi connectivity index (χ4n) is 2.46. The third-order valence-electron chi connectivity index (χ3n) is 3.66. The molecule has 7 heteroatoms. The highest BCUT2D eigenvalue weighted by molar-refractivity contribution is 7.99. The number of fused-ring (bicyclic) bond motifs is 1. The standard InChI is InChI=1S/C19H19ClN4OS/c1-3-21-18-13-6-4-5-7-15(13)23-19(24-18)26-11-17(25)22-16-9-8-12(2)10-14(16)20/h4-10H,3,11H2,1-2H3,(H,22,25)(H,21,23,24). The zero-order chi connectivity index (χ0) is 18.5. The highest BCUT2D eigenvalue weighted by Gasteiger charge is 2.11. The Morgan fingerprint density at radius 1 is 1.19 bits per heavy atom. The number of benzene rings is 2. The largest absolute Gasteiger partial charge is 0.370 e. The summed E-state index contributed by atoms with van der Waals surface area (Å²) in [5.74, 6) is 0.832. The lowest BCUT2D eigenvalue weighted by Gasteiger charge is -2.10. The monoisotopic (exact) mass is 386 g/mol. The molecule has 1 aromatic heterocycles. The normalized spacial score (nSPS) is 10.7. The second kappa shape index (κ2) is 8.38. The first-order valence-electron chi connectivity index (χ1n) is 8.26. The van der Waals surface area contributed by atoms with E-state index < -0.39 is 0 Å². The van der Waals surface area contributed by atoms with Gasteiger partial charge in [-0.2, -0.15) is 0 Å². The van der Waals surface area contributed by atoms with Crippen LogP contribution in [0.4, 0.5) is 11.5 Å². The van der Waals surface area contributed by atoms with Gasteiger partial charge < -0.3 is 10.6 Å². The topological polar surface area (TPSA) is 66.9 Å². The zero-order valence-electron chi connectivity index (χ0n) is 14.5. The molecule has 0 bridgehead atoms. The van der Waals surface area contributed by atoms with Crippen molar-refractivity contribution < 1.29 is 4.79 Å². The van der Waals surface area contributed by atoms with E-state index in [1.54, 1.807) is 6.07 Å². The van der Waals surface area contributed by atoms with E-state index >= 15 is 0 Å². The maximum absolute atomic E-state index is 12.2. The molecule has 1 amide bonds. The molecule has 0 unspecified atom stereocenters. The van der Waals surface area contributed by atoms with Crippen molar-refractivity contribution >= 4 is 51.7 Å². The summed E-state index contributed by atoms with van der Waals surface area (Å²) in [4.78, 5) is 21.3. The molecule has 134 valence electrons. The molecule has 1 heterocycles. The number of nitrogens with zero attached hydrogens (tertiary/aromatic N) is 2. The predicted molar refractivity (Wildman–Crippen MR) is 109 cm³/mol. The van der Waals surface area contributed by atoms with Crippen LogP contribution in [0.3, 0.4) is 0 Å². The van der Waals surface area contributed by atoms with Gasteiger partial charge in [0.25, 0.3) is 0 Å². The van der Waals surface area contributed by atoms with E-state index in [4.69, 9.17) is 11.6 Å². The van der Waals surface area contributed by atoms with Gasteiger partial charge in [0.15, 0.2) is 5.16 Å². The molecule has 0 aliphatic rings. The maximum atomic E-state index is 12.2. The van der Waals surface area contributed by atoms with Gasteiger partial charge in [-0.15, -0.1) is 0 Å². The number of nitrogens with one attached hydrogen (secondary N) is 2. The summed E-state index contributed by atoms with van der Waals surface area (Å²) in [5, 5.41) is 8.13. The molecule has 3 rings (SSSR count). The first-order chi connectivity index (χ1) is 12.6. The summed E-state index contributed by atoms with van der Waals surface area (Å²) in [6.45, 7) is 4.73. The Morgan fingerprint density at radius 3 is 2.77 bits per heavy atom. The highest BCUT2D eigenvalue weighted by atomic mass is 35.5. The first kappa shape index (κ1) is 18.5. The molecule has 0 spiro atoms. The molecular formula is C19H19ClN4OS. The Hall–Kier alpha value is -2.31. The van der Waals surface area contributed by atoms with Crippen LogP contribution in [0.1, 0.15) is 12.5 Å². The second-order valence-electron chi connectivity index (χ2n) is 5.72. The number of aromatic nitrogens is 2. The Balaban J connectivity index is 1.71. The van der Waals surface area contributed by atoms with Crippen LogP contribution < -0.4 is 10.6 Å². The van der Waals surface area contributed by atoms with E-state index in [1.807, 2.05) is 50.2 Å². The number of amides is 1. The molecule has 2 aromatic carbocycles. The molecule has 2 N–H and O–H groups in total. The van der Waals surface area contributed by atoms with Gasteiger partial charge in [0.2, 0.25) is 5.91 Å². The van der Waals surface area contributed by atoms with E-state index in [1.165, 1.54) is 11.8 Å². The highest BCUT2D eigenvalue weighted by Crippen LogP contribution is 2.25. The average Bonchev–Trinajstić information content (AvgIpc) is 2.63. The lowest BCUT2D eigenvalue weighted by molar-refractivity contribution is -0.113. The van der Waals surface area contributed by atoms with E-state index in [0.29, 0.717) is 15.9 Å². The summed E-state index contributed by atoms with van der Waals surface area (Å²) in [6, 6.07) is 13.3. The van der Waals surface area contributed by atoms with Gasteiger partial charge in [0.05, 0.1) is 22.0 Å². The molecule has 0 radical (unpaired) electrons. The van der Waals surface area contributed by atoms with Crippen LogP contribution in [-0.4, -0.2) is 28.2 Å². The van der Waals surface area contributed by atoms with Crippen molar-refractivity contribution in [3.63, 3.8) is 0 Å². The van der Waals surface area contributed by atoms with Crippen molar-refractivity contribution in [2.75, 3.05) is 22.9 Å². The van der Waals surface area contributed by atoms with Crippen LogP contribution in [0.25, 0.3) is 10.9 Å². The minimum absolute atomic E-state index is 0.150. The number of anilines is 2. The summed E-state index contributed by atoms with van der Waals surface area (Å²) in [7, 11) is 0. The Morgan fingerprint density at radius 2 is 2.00 bits per heavy atom. The van der Waals surface area contributed by atoms with Gasteiger partial charge in [0.1, 0.15) is 5.82 Å². The third kappa shape index (κ3) is 4.45. The number of rotatable bonds is 6. The number of carbonyl (C=O) groups excluding carboxylic acids is 1. The molecule has 0 fully saturated rings. The lowest BCUT2D eigenvalue weighted by Crippen LogP contribution is -2.14. The minimum atomic E-state index is -0.150. The molecule has 0 saturated heterocycles. The van der Waals surface area contributed by atoms with Gasteiger partial charge >= 0.3 is 0 Å². The smallest absolute Gasteiger partial charge is 0.234 e. The average molecular weight is 387 g/mol. The Bertz CT molecular complexity index is 948.